The van der Waals surface area contributed by atoms with Gasteiger partial charge in [0.1, 0.15) is 5.75 Å². The highest BCUT2D eigenvalue weighted by molar-refractivity contribution is 5.55. The molecule has 2 bridgehead atoms. The molecule has 0 saturated heterocycles. The van der Waals surface area contributed by atoms with Crippen LogP contribution in [0.25, 0.3) is 0 Å². The van der Waals surface area contributed by atoms with Gasteiger partial charge in [-0.15, -0.1) is 0 Å². The van der Waals surface area contributed by atoms with Crippen LogP contribution in [0.2, 0.25) is 0 Å². The molecule has 0 radical (unpaired) electrons. The fraction of sp³-hybridized carbons (Fsp3) is 0.294. The molecule has 0 aliphatic carbocycles. The lowest BCUT2D eigenvalue weighted by atomic mass is 9.82. The molecule has 4 rings (SSSR count). The van der Waals surface area contributed by atoms with Gasteiger partial charge in [-0.3, -0.25) is 5.32 Å². The maximum Gasteiger partial charge on any atom is 0.119 e. The van der Waals surface area contributed by atoms with Gasteiger partial charge >= 0.3 is 0 Å². The van der Waals surface area contributed by atoms with Crippen molar-refractivity contribution in [1.82, 2.24) is 5.32 Å². The van der Waals surface area contributed by atoms with Gasteiger partial charge in [-0.1, -0.05) is 30.3 Å². The molecule has 2 atom stereocenters. The number of benzene rings is 2. The highest BCUT2D eigenvalue weighted by Crippen LogP contribution is 2.48. The van der Waals surface area contributed by atoms with Gasteiger partial charge in [0.2, 0.25) is 0 Å². The SMILES string of the molecule is COc1ccc2c(c1)C[C@H]1N[C@@]2(C)c2ccccc21. The molecule has 0 aromatic heterocycles. The van der Waals surface area contributed by atoms with Gasteiger partial charge in [0.25, 0.3) is 0 Å². The molecule has 19 heavy (non-hydrogen) atoms. The molecule has 2 heteroatoms. The summed E-state index contributed by atoms with van der Waals surface area (Å²) < 4.78 is 5.36. The first kappa shape index (κ1) is 11.1. The van der Waals surface area contributed by atoms with Gasteiger partial charge < -0.3 is 4.74 Å². The second-order valence-corrected chi connectivity index (χ2v) is 5.64. The Morgan fingerprint density at radius 3 is 2.84 bits per heavy atom. The Morgan fingerprint density at radius 1 is 1.16 bits per heavy atom. The fourth-order valence-electron chi connectivity index (χ4n) is 3.72. The van der Waals surface area contributed by atoms with E-state index < -0.39 is 0 Å². The van der Waals surface area contributed by atoms with Crippen LogP contribution < -0.4 is 10.1 Å². The van der Waals surface area contributed by atoms with Crippen LogP contribution in [0.1, 0.15) is 35.2 Å². The molecular formula is C17H17NO. The monoisotopic (exact) mass is 251 g/mol. The quantitative estimate of drug-likeness (QED) is 0.840. The Kier molecular flexibility index (Phi) is 2.10. The van der Waals surface area contributed by atoms with Crippen LogP contribution >= 0.6 is 0 Å². The third kappa shape index (κ3) is 1.35. The van der Waals surface area contributed by atoms with Gasteiger partial charge in [0.05, 0.1) is 12.6 Å². The van der Waals surface area contributed by atoms with E-state index in [1.165, 1.54) is 22.3 Å². The van der Waals surface area contributed by atoms with Crippen LogP contribution in [0.15, 0.2) is 42.5 Å². The van der Waals surface area contributed by atoms with Crippen LogP contribution in [0.5, 0.6) is 5.75 Å². The van der Waals surface area contributed by atoms with Crippen molar-refractivity contribution < 1.29 is 4.74 Å². The summed E-state index contributed by atoms with van der Waals surface area (Å²) in [5, 5.41) is 3.78. The van der Waals surface area contributed by atoms with E-state index in [-0.39, 0.29) is 5.54 Å². The van der Waals surface area contributed by atoms with E-state index in [1.54, 1.807) is 7.11 Å². The second-order valence-electron chi connectivity index (χ2n) is 5.64. The largest absolute Gasteiger partial charge is 0.497 e. The third-order valence-electron chi connectivity index (χ3n) is 4.61. The van der Waals surface area contributed by atoms with Crippen LogP contribution in [0, 0.1) is 0 Å². The molecule has 96 valence electrons. The van der Waals surface area contributed by atoms with Crippen molar-refractivity contribution in [2.24, 2.45) is 0 Å². The molecule has 2 heterocycles. The summed E-state index contributed by atoms with van der Waals surface area (Å²) in [5.74, 6) is 0.952. The summed E-state index contributed by atoms with van der Waals surface area (Å²) in [4.78, 5) is 0. The molecule has 2 nitrogen and oxygen atoms in total. The van der Waals surface area contributed by atoms with E-state index in [0.717, 1.165) is 12.2 Å². The molecule has 0 amide bonds. The number of hydrogen-bond donors (Lipinski definition) is 1. The van der Waals surface area contributed by atoms with E-state index in [0.29, 0.717) is 6.04 Å². The van der Waals surface area contributed by atoms with Gasteiger partial charge in [-0.25, -0.2) is 0 Å². The van der Waals surface area contributed by atoms with Crippen LogP contribution in [-0.2, 0) is 12.0 Å². The summed E-state index contributed by atoms with van der Waals surface area (Å²) in [6.07, 6.45) is 1.04. The third-order valence-corrected chi connectivity index (χ3v) is 4.61. The topological polar surface area (TPSA) is 21.3 Å². The van der Waals surface area contributed by atoms with Crippen molar-refractivity contribution in [3.63, 3.8) is 0 Å². The number of hydrogen-bond acceptors (Lipinski definition) is 2. The summed E-state index contributed by atoms with van der Waals surface area (Å²) in [5.41, 5.74) is 5.60. The Labute approximate surface area is 113 Å². The average molecular weight is 251 g/mol. The van der Waals surface area contributed by atoms with Crippen molar-refractivity contribution in [1.29, 1.82) is 0 Å². The first-order chi connectivity index (χ1) is 9.22. The van der Waals surface area contributed by atoms with E-state index >= 15 is 0 Å². The zero-order valence-corrected chi connectivity index (χ0v) is 11.2. The Balaban J connectivity index is 1.96. The van der Waals surface area contributed by atoms with E-state index in [1.807, 2.05) is 0 Å². The van der Waals surface area contributed by atoms with Crippen molar-refractivity contribution in [3.8, 4) is 5.75 Å². The van der Waals surface area contributed by atoms with Crippen LogP contribution in [-0.4, -0.2) is 7.11 Å². The highest BCUT2D eigenvalue weighted by Gasteiger charge is 2.45. The van der Waals surface area contributed by atoms with Crippen molar-refractivity contribution in [3.05, 3.63) is 64.7 Å². The fourth-order valence-corrected chi connectivity index (χ4v) is 3.72. The first-order valence-corrected chi connectivity index (χ1v) is 6.77. The number of ether oxygens (including phenoxy) is 1. The van der Waals surface area contributed by atoms with Crippen molar-refractivity contribution in [2.45, 2.75) is 24.9 Å². The number of rotatable bonds is 1. The van der Waals surface area contributed by atoms with Gasteiger partial charge in [-0.2, -0.15) is 0 Å². The minimum Gasteiger partial charge on any atom is -0.497 e. The number of methoxy groups -OCH3 is 1. The van der Waals surface area contributed by atoms with E-state index in [2.05, 4.69) is 54.7 Å². The van der Waals surface area contributed by atoms with Crippen LogP contribution in [0.3, 0.4) is 0 Å². The molecule has 0 fully saturated rings. The Hall–Kier alpha value is -1.80. The molecule has 0 unspecified atom stereocenters. The smallest absolute Gasteiger partial charge is 0.119 e. The molecule has 0 saturated carbocycles. The second kappa shape index (κ2) is 3.61. The summed E-state index contributed by atoms with van der Waals surface area (Å²) in [6, 6.07) is 15.7. The first-order valence-electron chi connectivity index (χ1n) is 6.77. The minimum absolute atomic E-state index is 0.0544. The lowest BCUT2D eigenvalue weighted by Gasteiger charge is -2.34. The zero-order chi connectivity index (χ0) is 13.0. The maximum atomic E-state index is 5.36. The van der Waals surface area contributed by atoms with E-state index in [9.17, 15) is 0 Å². The standard InChI is InChI=1S/C17H17NO/c1-17-14-8-7-12(19-2)9-11(14)10-16(18-17)13-5-3-4-6-15(13)17/h3-9,16,18H,10H2,1-2H3/t16-,17-/m1/s1. The van der Waals surface area contributed by atoms with Crippen molar-refractivity contribution in [2.75, 3.05) is 7.11 Å². The predicted molar refractivity (Wildman–Crippen MR) is 75.5 cm³/mol. The summed E-state index contributed by atoms with van der Waals surface area (Å²) >= 11 is 0. The molecule has 1 N–H and O–H groups in total. The lowest BCUT2D eigenvalue weighted by Crippen LogP contribution is -2.41. The lowest BCUT2D eigenvalue weighted by molar-refractivity contribution is 0.382. The summed E-state index contributed by atoms with van der Waals surface area (Å²) in [6.45, 7) is 2.29. The molecule has 2 aliphatic rings. The van der Waals surface area contributed by atoms with Crippen LogP contribution in [0.4, 0.5) is 0 Å². The molecule has 2 aromatic carbocycles. The van der Waals surface area contributed by atoms with Gasteiger partial charge in [-0.05, 0) is 47.7 Å². The summed E-state index contributed by atoms with van der Waals surface area (Å²) in [7, 11) is 1.73. The molecule has 2 aromatic rings. The normalized spacial score (nSPS) is 26.7. The highest BCUT2D eigenvalue weighted by atomic mass is 16.5. The zero-order valence-electron chi connectivity index (χ0n) is 11.2. The minimum atomic E-state index is -0.0544. The molecule has 0 spiro atoms. The Morgan fingerprint density at radius 2 is 2.00 bits per heavy atom. The van der Waals surface area contributed by atoms with Gasteiger partial charge in [0.15, 0.2) is 0 Å². The number of nitrogens with one attached hydrogen (secondary N) is 1. The maximum absolute atomic E-state index is 5.36. The van der Waals surface area contributed by atoms with Crippen molar-refractivity contribution >= 4 is 0 Å². The number of fused-ring (bicyclic) bond motifs is 7. The Bertz CT molecular complexity index is 664. The van der Waals surface area contributed by atoms with E-state index in [4.69, 9.17) is 4.74 Å². The van der Waals surface area contributed by atoms with Gasteiger partial charge in [0, 0.05) is 6.04 Å². The molecular weight excluding hydrogens is 234 g/mol. The average Bonchev–Trinajstić information content (AvgIpc) is 2.69. The molecule has 2 aliphatic heterocycles. The predicted octanol–water partition coefficient (Wildman–Crippen LogP) is 3.16.